The number of carbonyl (C=O) groups is 3. The highest BCUT2D eigenvalue weighted by Crippen LogP contribution is 2.37. The monoisotopic (exact) mass is 528 g/mol. The van der Waals surface area contributed by atoms with Crippen LogP contribution >= 0.6 is 0 Å². The molecule has 1 fully saturated rings. The van der Waals surface area contributed by atoms with Crippen molar-refractivity contribution < 1.29 is 24.6 Å². The first kappa shape index (κ1) is 26.0. The number of rotatable bonds is 4. The van der Waals surface area contributed by atoms with Crippen LogP contribution < -0.4 is 10.2 Å². The Morgan fingerprint density at radius 1 is 0.923 bits per heavy atom. The van der Waals surface area contributed by atoms with Crippen molar-refractivity contribution in [1.29, 1.82) is 0 Å². The number of amides is 2. The van der Waals surface area contributed by atoms with E-state index in [1.54, 1.807) is 6.20 Å². The topological polar surface area (TPSA) is 152 Å². The fourth-order valence-electron chi connectivity index (χ4n) is 4.62. The molecule has 0 saturated carbocycles. The highest BCUT2D eigenvalue weighted by atomic mass is 16.4. The fourth-order valence-corrected chi connectivity index (χ4v) is 4.62. The first-order valence-corrected chi connectivity index (χ1v) is 12.5. The van der Waals surface area contributed by atoms with Crippen LogP contribution in [0.25, 0.3) is 33.0 Å². The molecule has 11 nitrogen and oxygen atoms in total. The summed E-state index contributed by atoms with van der Waals surface area (Å²) in [5.74, 6) is -1.46. The van der Waals surface area contributed by atoms with Crippen molar-refractivity contribution in [2.45, 2.75) is 13.0 Å². The summed E-state index contributed by atoms with van der Waals surface area (Å²) in [5, 5.41) is 19.9. The van der Waals surface area contributed by atoms with Gasteiger partial charge < -0.3 is 25.0 Å². The van der Waals surface area contributed by atoms with Gasteiger partial charge in [0.25, 0.3) is 11.8 Å². The zero-order chi connectivity index (χ0) is 27.7. The number of carboxylic acids is 1. The van der Waals surface area contributed by atoms with E-state index >= 15 is 0 Å². The number of H-pyrrole nitrogens is 1. The maximum atomic E-state index is 13.1. The predicted octanol–water partition coefficient (Wildman–Crippen LogP) is 1.88. The lowest BCUT2D eigenvalue weighted by Crippen LogP contribution is -2.45. The van der Waals surface area contributed by atoms with E-state index in [9.17, 15) is 14.4 Å². The zero-order valence-electron chi connectivity index (χ0n) is 21.5. The molecule has 6 rings (SSSR count). The van der Waals surface area contributed by atoms with Crippen molar-refractivity contribution in [3.63, 3.8) is 0 Å². The molecule has 1 saturated heterocycles. The zero-order valence-corrected chi connectivity index (χ0v) is 21.5. The summed E-state index contributed by atoms with van der Waals surface area (Å²) in [6.07, 6.45) is 0.549. The number of aromatic nitrogens is 3. The van der Waals surface area contributed by atoms with Crippen molar-refractivity contribution in [3.05, 3.63) is 66.0 Å². The molecule has 2 amide bonds. The van der Waals surface area contributed by atoms with E-state index in [2.05, 4.69) is 27.1 Å². The van der Waals surface area contributed by atoms with E-state index in [4.69, 9.17) is 20.2 Å². The van der Waals surface area contributed by atoms with Crippen LogP contribution in [0.4, 0.5) is 5.95 Å². The number of carbonyl (C=O) groups excluding carboxylic acids is 2. The van der Waals surface area contributed by atoms with E-state index in [0.29, 0.717) is 28.4 Å². The number of carboxylic acid groups (broad SMARTS) is 1. The van der Waals surface area contributed by atoms with Gasteiger partial charge in [-0.3, -0.25) is 14.9 Å². The molecule has 2 aliphatic rings. The Kier molecular flexibility index (Phi) is 7.09. The van der Waals surface area contributed by atoms with Gasteiger partial charge in [-0.2, -0.15) is 0 Å². The van der Waals surface area contributed by atoms with Crippen LogP contribution in [-0.4, -0.2) is 87.2 Å². The number of aliphatic hydroxyl groups is 1. The fraction of sp³-hybridized carbons (Fsp3) is 0.250. The molecule has 0 aliphatic carbocycles. The van der Waals surface area contributed by atoms with Gasteiger partial charge in [0, 0.05) is 54.2 Å². The van der Waals surface area contributed by atoms with Gasteiger partial charge in [-0.1, -0.05) is 36.4 Å². The van der Waals surface area contributed by atoms with Crippen LogP contribution in [0.2, 0.25) is 0 Å². The van der Waals surface area contributed by atoms with Gasteiger partial charge in [0.2, 0.25) is 5.95 Å². The molecule has 0 spiro atoms. The Morgan fingerprint density at radius 3 is 2.23 bits per heavy atom. The van der Waals surface area contributed by atoms with Gasteiger partial charge in [0.05, 0.1) is 22.4 Å². The maximum absolute atomic E-state index is 13.1. The molecule has 200 valence electrons. The number of benzene rings is 2. The number of nitrogens with one attached hydrogen (secondary N) is 2. The van der Waals surface area contributed by atoms with Crippen LogP contribution in [0.3, 0.4) is 0 Å². The Bertz CT molecular complexity index is 1620. The SMILES string of the molecule is CC(O)C(=O)O.CN1CCN(c2nc(C3=C(c4c[nH]c5ccccc45)C(=O)NC3=O)c3ccccc3n2)CC1. The number of aliphatic hydroxyl groups excluding tert-OH is 1. The second-order valence-corrected chi connectivity index (χ2v) is 9.48. The van der Waals surface area contributed by atoms with Gasteiger partial charge in [-0.15, -0.1) is 0 Å². The van der Waals surface area contributed by atoms with E-state index in [0.717, 1.165) is 48.0 Å². The number of fused-ring (bicyclic) bond motifs is 2. The lowest BCUT2D eigenvalue weighted by atomic mass is 9.97. The molecule has 2 aliphatic heterocycles. The van der Waals surface area contributed by atoms with Gasteiger partial charge in [0.1, 0.15) is 6.10 Å². The van der Waals surface area contributed by atoms with Crippen LogP contribution in [0.15, 0.2) is 54.7 Å². The second-order valence-electron chi connectivity index (χ2n) is 9.48. The maximum Gasteiger partial charge on any atom is 0.332 e. The Labute approximate surface area is 223 Å². The number of anilines is 1. The predicted molar refractivity (Wildman–Crippen MR) is 147 cm³/mol. The third-order valence-electron chi connectivity index (χ3n) is 6.76. The standard InChI is InChI=1S/C25H22N6O2.C3H6O3/c1-30-10-12-31(13-11-30)25-27-19-9-5-3-7-16(19)22(28-25)21-20(23(32)29-24(21)33)17-14-26-18-8-4-2-6-15(17)18;1-2(4)3(5)6/h2-9,14,26H,10-13H2,1H3,(H,29,32,33);2,4H,1H3,(H,5,6). The average molecular weight is 529 g/mol. The van der Waals surface area contributed by atoms with Crippen molar-refractivity contribution in [1.82, 2.24) is 25.2 Å². The number of hydrogen-bond donors (Lipinski definition) is 4. The van der Waals surface area contributed by atoms with E-state index in [1.165, 1.54) is 6.92 Å². The summed E-state index contributed by atoms with van der Waals surface area (Å²) in [5.41, 5.74) is 3.45. The normalized spacial score (nSPS) is 16.8. The summed E-state index contributed by atoms with van der Waals surface area (Å²) in [6, 6.07) is 15.4. The molecule has 0 radical (unpaired) electrons. The molecule has 2 aromatic carbocycles. The van der Waals surface area contributed by atoms with Crippen molar-refractivity contribution >= 4 is 56.7 Å². The summed E-state index contributed by atoms with van der Waals surface area (Å²) < 4.78 is 0. The minimum Gasteiger partial charge on any atom is -0.479 e. The van der Waals surface area contributed by atoms with Crippen molar-refractivity contribution in [2.75, 3.05) is 38.1 Å². The van der Waals surface area contributed by atoms with E-state index in [1.807, 2.05) is 48.5 Å². The Morgan fingerprint density at radius 2 is 1.54 bits per heavy atom. The highest BCUT2D eigenvalue weighted by Gasteiger charge is 2.35. The molecular formula is C28H28N6O5. The van der Waals surface area contributed by atoms with Gasteiger partial charge in [-0.25, -0.2) is 14.8 Å². The largest absolute Gasteiger partial charge is 0.479 e. The minimum absolute atomic E-state index is 0.290. The molecule has 11 heteroatoms. The van der Waals surface area contributed by atoms with Crippen molar-refractivity contribution in [2.24, 2.45) is 0 Å². The molecule has 2 aromatic heterocycles. The number of aromatic amines is 1. The second kappa shape index (κ2) is 10.6. The number of nitrogens with zero attached hydrogens (tertiary/aromatic N) is 4. The molecule has 0 bridgehead atoms. The number of imide groups is 1. The summed E-state index contributed by atoms with van der Waals surface area (Å²) in [7, 11) is 2.09. The van der Waals surface area contributed by atoms with Crippen LogP contribution in [0, 0.1) is 0 Å². The lowest BCUT2D eigenvalue weighted by Gasteiger charge is -2.32. The number of aliphatic carboxylic acids is 1. The molecule has 4 N–H and O–H groups in total. The quantitative estimate of drug-likeness (QED) is 0.291. The van der Waals surface area contributed by atoms with Crippen LogP contribution in [0.5, 0.6) is 0 Å². The first-order chi connectivity index (χ1) is 18.7. The van der Waals surface area contributed by atoms with Crippen LogP contribution in [0.1, 0.15) is 18.2 Å². The smallest absolute Gasteiger partial charge is 0.332 e. The number of likely N-dealkylation sites (N-methyl/N-ethyl adjacent to an activating group) is 1. The third kappa shape index (κ3) is 5.09. The third-order valence-corrected chi connectivity index (χ3v) is 6.76. The molecule has 39 heavy (non-hydrogen) atoms. The molecule has 1 unspecified atom stereocenters. The van der Waals surface area contributed by atoms with Gasteiger partial charge >= 0.3 is 5.97 Å². The average Bonchev–Trinajstić information content (AvgIpc) is 3.48. The Hall–Kier alpha value is -4.61. The Balaban J connectivity index is 0.000000465. The highest BCUT2D eigenvalue weighted by molar-refractivity contribution is 6.50. The van der Waals surface area contributed by atoms with E-state index < -0.39 is 23.9 Å². The lowest BCUT2D eigenvalue weighted by molar-refractivity contribution is -0.145. The molecular weight excluding hydrogens is 500 g/mol. The van der Waals surface area contributed by atoms with Gasteiger partial charge in [-0.05, 0) is 26.1 Å². The molecule has 4 aromatic rings. The summed E-state index contributed by atoms with van der Waals surface area (Å²) >= 11 is 0. The number of para-hydroxylation sites is 2. The van der Waals surface area contributed by atoms with E-state index in [-0.39, 0.29) is 0 Å². The number of piperazine rings is 1. The number of hydrogen-bond acceptors (Lipinski definition) is 8. The molecule has 4 heterocycles. The minimum atomic E-state index is -1.23. The summed E-state index contributed by atoms with van der Waals surface area (Å²) in [6.45, 7) is 4.62. The summed E-state index contributed by atoms with van der Waals surface area (Å²) in [4.78, 5) is 52.8. The first-order valence-electron chi connectivity index (χ1n) is 12.5. The van der Waals surface area contributed by atoms with Crippen molar-refractivity contribution in [3.8, 4) is 0 Å². The molecule has 1 atom stereocenters. The van der Waals surface area contributed by atoms with Gasteiger partial charge in [0.15, 0.2) is 0 Å². The van der Waals surface area contributed by atoms with Crippen LogP contribution in [-0.2, 0) is 14.4 Å².